The summed E-state index contributed by atoms with van der Waals surface area (Å²) in [4.78, 5) is 23.6. The van der Waals surface area contributed by atoms with Crippen molar-refractivity contribution in [1.29, 1.82) is 0 Å². The van der Waals surface area contributed by atoms with Crippen LogP contribution in [0, 0.1) is 11.8 Å². The summed E-state index contributed by atoms with van der Waals surface area (Å²) >= 11 is 0. The molecule has 0 saturated heterocycles. The van der Waals surface area contributed by atoms with Crippen LogP contribution in [-0.2, 0) is 4.79 Å². The van der Waals surface area contributed by atoms with Crippen LogP contribution in [0.5, 0.6) is 0 Å². The van der Waals surface area contributed by atoms with Gasteiger partial charge in [-0.15, -0.1) is 0 Å². The van der Waals surface area contributed by atoms with Gasteiger partial charge in [0, 0.05) is 6.04 Å². The second-order valence-corrected chi connectivity index (χ2v) is 6.37. The molecule has 1 aliphatic carbocycles. The molecule has 0 aromatic rings. The van der Waals surface area contributed by atoms with Crippen molar-refractivity contribution < 1.29 is 14.7 Å². The average Bonchev–Trinajstić information content (AvgIpc) is 2.38. The molecule has 20 heavy (non-hydrogen) atoms. The Morgan fingerprint density at radius 3 is 2.20 bits per heavy atom. The van der Waals surface area contributed by atoms with E-state index < -0.39 is 11.5 Å². The highest BCUT2D eigenvalue weighted by Gasteiger charge is 2.43. The first-order valence-corrected chi connectivity index (χ1v) is 7.62. The maximum absolute atomic E-state index is 12.0. The molecule has 2 amide bonds. The lowest BCUT2D eigenvalue weighted by atomic mass is 9.75. The fourth-order valence-corrected chi connectivity index (χ4v) is 2.60. The third kappa shape index (κ3) is 4.12. The maximum Gasteiger partial charge on any atom is 0.329 e. The summed E-state index contributed by atoms with van der Waals surface area (Å²) in [6.45, 7) is 8.09. The summed E-state index contributed by atoms with van der Waals surface area (Å²) < 4.78 is 0. The van der Waals surface area contributed by atoms with Crippen LogP contribution in [0.25, 0.3) is 0 Å². The number of hydrogen-bond donors (Lipinski definition) is 3. The highest BCUT2D eigenvalue weighted by atomic mass is 16.4. The fourth-order valence-electron chi connectivity index (χ4n) is 2.60. The summed E-state index contributed by atoms with van der Waals surface area (Å²) in [7, 11) is 0. The van der Waals surface area contributed by atoms with Crippen molar-refractivity contribution in [2.75, 3.05) is 0 Å². The van der Waals surface area contributed by atoms with Gasteiger partial charge in [-0.1, -0.05) is 27.2 Å². The van der Waals surface area contributed by atoms with Crippen LogP contribution in [0.1, 0.15) is 59.8 Å². The van der Waals surface area contributed by atoms with E-state index in [1.165, 1.54) is 0 Å². The number of amides is 2. The molecule has 0 heterocycles. The molecular formula is C15H28N2O3. The number of carboxylic acids is 1. The van der Waals surface area contributed by atoms with E-state index in [-0.39, 0.29) is 12.1 Å². The topological polar surface area (TPSA) is 78.4 Å². The molecule has 1 saturated carbocycles. The molecule has 0 aromatic carbocycles. The van der Waals surface area contributed by atoms with E-state index in [0.717, 1.165) is 19.3 Å². The van der Waals surface area contributed by atoms with E-state index in [2.05, 4.69) is 17.6 Å². The third-order valence-corrected chi connectivity index (χ3v) is 4.66. The second-order valence-electron chi connectivity index (χ2n) is 6.37. The summed E-state index contributed by atoms with van der Waals surface area (Å²) in [6, 6.07) is -0.351. The van der Waals surface area contributed by atoms with Gasteiger partial charge in [-0.2, -0.15) is 0 Å². The number of urea groups is 1. The van der Waals surface area contributed by atoms with Gasteiger partial charge < -0.3 is 15.7 Å². The van der Waals surface area contributed by atoms with Crippen LogP contribution in [0.4, 0.5) is 4.79 Å². The van der Waals surface area contributed by atoms with E-state index in [1.54, 1.807) is 0 Å². The Hall–Kier alpha value is -1.26. The van der Waals surface area contributed by atoms with Crippen LogP contribution < -0.4 is 10.6 Å². The van der Waals surface area contributed by atoms with Gasteiger partial charge in [-0.3, -0.25) is 0 Å². The first kappa shape index (κ1) is 16.8. The summed E-state index contributed by atoms with van der Waals surface area (Å²) in [5, 5.41) is 15.0. The number of carboxylic acid groups (broad SMARTS) is 1. The monoisotopic (exact) mass is 284 g/mol. The van der Waals surface area contributed by atoms with Crippen molar-refractivity contribution in [2.45, 2.75) is 71.4 Å². The lowest BCUT2D eigenvalue weighted by Gasteiger charge is -2.37. The molecule has 116 valence electrons. The Kier molecular flexibility index (Phi) is 5.84. The molecule has 5 heteroatoms. The Morgan fingerprint density at radius 1 is 1.25 bits per heavy atom. The van der Waals surface area contributed by atoms with Gasteiger partial charge in [-0.05, 0) is 44.4 Å². The van der Waals surface area contributed by atoms with Crippen LogP contribution >= 0.6 is 0 Å². The Morgan fingerprint density at radius 2 is 1.80 bits per heavy atom. The highest BCUT2D eigenvalue weighted by molar-refractivity contribution is 5.86. The molecule has 0 aromatic heterocycles. The van der Waals surface area contributed by atoms with Crippen molar-refractivity contribution in [1.82, 2.24) is 10.6 Å². The molecule has 0 aliphatic heterocycles. The van der Waals surface area contributed by atoms with E-state index in [4.69, 9.17) is 0 Å². The molecule has 0 spiro atoms. The van der Waals surface area contributed by atoms with Gasteiger partial charge in [0.15, 0.2) is 0 Å². The maximum atomic E-state index is 12.0. The SMILES string of the molecule is CCC1CCC(NC(=O)NC(C)C(C)C)(C(=O)O)CC1. The molecule has 0 bridgehead atoms. The normalized spacial score (nSPS) is 27.9. The molecule has 1 aliphatic rings. The standard InChI is InChI=1S/C15H28N2O3/c1-5-12-6-8-15(9-7-12,13(18)19)17-14(20)16-11(4)10(2)3/h10-12H,5-9H2,1-4H3,(H,18,19)(H2,16,17,20). The first-order chi connectivity index (χ1) is 9.30. The number of rotatable bonds is 5. The second kappa shape index (κ2) is 6.95. The minimum atomic E-state index is -1.09. The van der Waals surface area contributed by atoms with Gasteiger partial charge >= 0.3 is 12.0 Å². The van der Waals surface area contributed by atoms with Gasteiger partial charge in [0.2, 0.25) is 0 Å². The molecule has 1 unspecified atom stereocenters. The summed E-state index contributed by atoms with van der Waals surface area (Å²) in [5.74, 6) is -0.0151. The third-order valence-electron chi connectivity index (χ3n) is 4.66. The van der Waals surface area contributed by atoms with E-state index >= 15 is 0 Å². The smallest absolute Gasteiger partial charge is 0.329 e. The largest absolute Gasteiger partial charge is 0.480 e. The van der Waals surface area contributed by atoms with Gasteiger partial charge in [0.25, 0.3) is 0 Å². The van der Waals surface area contributed by atoms with Crippen molar-refractivity contribution in [3.8, 4) is 0 Å². The molecule has 1 fully saturated rings. The predicted octanol–water partition coefficient (Wildman–Crippen LogP) is 2.75. The zero-order chi connectivity index (χ0) is 15.3. The molecule has 1 rings (SSSR count). The lowest BCUT2D eigenvalue weighted by Crippen LogP contribution is -2.59. The average molecular weight is 284 g/mol. The number of carbonyl (C=O) groups excluding carboxylic acids is 1. The number of hydrogen-bond acceptors (Lipinski definition) is 2. The minimum absolute atomic E-state index is 0.0211. The zero-order valence-corrected chi connectivity index (χ0v) is 13.0. The van der Waals surface area contributed by atoms with Crippen molar-refractivity contribution in [3.63, 3.8) is 0 Å². The van der Waals surface area contributed by atoms with Crippen LogP contribution in [0.3, 0.4) is 0 Å². The van der Waals surface area contributed by atoms with E-state index in [9.17, 15) is 14.7 Å². The molecule has 5 nitrogen and oxygen atoms in total. The fraction of sp³-hybridized carbons (Fsp3) is 0.867. The van der Waals surface area contributed by atoms with Crippen LogP contribution in [0.2, 0.25) is 0 Å². The van der Waals surface area contributed by atoms with Crippen molar-refractivity contribution in [3.05, 3.63) is 0 Å². The molecule has 1 atom stereocenters. The lowest BCUT2D eigenvalue weighted by molar-refractivity contribution is -0.146. The Balaban J connectivity index is 2.64. The highest BCUT2D eigenvalue weighted by Crippen LogP contribution is 2.34. The first-order valence-electron chi connectivity index (χ1n) is 7.62. The number of nitrogens with one attached hydrogen (secondary N) is 2. The zero-order valence-electron chi connectivity index (χ0n) is 13.0. The van der Waals surface area contributed by atoms with E-state index in [1.807, 2.05) is 20.8 Å². The van der Waals surface area contributed by atoms with Gasteiger partial charge in [0.1, 0.15) is 5.54 Å². The molecule has 3 N–H and O–H groups in total. The Bertz CT molecular complexity index is 347. The molecular weight excluding hydrogens is 256 g/mol. The number of carbonyl (C=O) groups is 2. The predicted molar refractivity (Wildman–Crippen MR) is 78.6 cm³/mol. The number of aliphatic carboxylic acids is 1. The Labute approximate surface area is 121 Å². The van der Waals surface area contributed by atoms with Crippen LogP contribution in [0.15, 0.2) is 0 Å². The summed E-state index contributed by atoms with van der Waals surface area (Å²) in [5.41, 5.74) is -1.09. The molecule has 0 radical (unpaired) electrons. The summed E-state index contributed by atoms with van der Waals surface area (Å²) in [6.07, 6.45) is 3.84. The quantitative estimate of drug-likeness (QED) is 0.726. The van der Waals surface area contributed by atoms with Gasteiger partial charge in [-0.25, -0.2) is 9.59 Å². The minimum Gasteiger partial charge on any atom is -0.480 e. The van der Waals surface area contributed by atoms with Gasteiger partial charge in [0.05, 0.1) is 0 Å². The van der Waals surface area contributed by atoms with Crippen LogP contribution in [-0.4, -0.2) is 28.7 Å². The van der Waals surface area contributed by atoms with Crippen molar-refractivity contribution >= 4 is 12.0 Å². The van der Waals surface area contributed by atoms with E-state index in [0.29, 0.717) is 24.7 Å². The van der Waals surface area contributed by atoms with Crippen molar-refractivity contribution in [2.24, 2.45) is 11.8 Å².